The van der Waals surface area contributed by atoms with Crippen LogP contribution < -0.4 is 74.1 Å². The van der Waals surface area contributed by atoms with Gasteiger partial charge in [0.25, 0.3) is 0 Å². The third kappa shape index (κ3) is 97.9. The standard InChI is InChI=1S/C13H13NS2.C9H20N2.C9H21NO3.C7H12N2.C7H16N2.C7H17N.C6H11N3.C6H16N2.2C6H15N.C5H13NS2.C4H11N/c1-10-2-6-12(7-3-10)15-16-13-8-4-11(14)5-9-13;1-9-3-7-11(8-4-9)6-2-5-10;1-2-4-11-6-8-13-9-7-12-5-3-10;8-5-1-3-7-4-2-6-9-7;8-4-3-7-9-5-1-2-6-9;1-3-4-5-7(2)6-8;7-2-1-4-9-5-3-8-6-9;1-2-5-8-6-3-4-7;1-4-6(2,3)5-7;1-3-6(2)4-5-7;1-2-4-7-8-5-3-6;1-2-3-4-5/h2-9H,14H2,1H3;9H,2-8,10H2,1H3;2-10H2,1H3;4,6H,1-3,5,8H2;1-8H2;7H,3-6,8H2,1-2H3;3,5-6H,1-2,4,7H2;8H,2-7H2,1H3;4-5,7H2,1-3H3;6H,3-5,7H2,1-2H3;2-6H2,1H3;2-5H2,1H3. The Balaban J connectivity index is -0.000000271. The topological polar surface area (TPSA) is 389 Å². The Kier molecular flexibility index (Phi) is 107. The van der Waals surface area contributed by atoms with E-state index in [9.17, 15) is 0 Å². The van der Waals surface area contributed by atoms with Gasteiger partial charge in [0.15, 0.2) is 0 Å². The molecule has 652 valence electrons. The molecule has 0 amide bonds. The van der Waals surface area contributed by atoms with E-state index in [1.54, 1.807) is 34.1 Å². The summed E-state index contributed by atoms with van der Waals surface area (Å²) in [7, 11) is 7.30. The molecule has 0 spiro atoms. The number of ether oxygens (including phenoxy) is 3. The maximum absolute atomic E-state index is 5.63. The van der Waals surface area contributed by atoms with Crippen LogP contribution >= 0.6 is 43.2 Å². The number of likely N-dealkylation sites (tertiary alicyclic amines) is 2. The Hall–Kier alpha value is -2.42. The van der Waals surface area contributed by atoms with Crippen LogP contribution in [-0.2, 0) is 20.8 Å². The highest BCUT2D eigenvalue weighted by Crippen LogP contribution is 2.37. The first-order valence-electron chi connectivity index (χ1n) is 42.5. The van der Waals surface area contributed by atoms with Gasteiger partial charge in [-0.1, -0.05) is 176 Å². The van der Waals surface area contributed by atoms with E-state index >= 15 is 0 Å². The molecule has 21 nitrogen and oxygen atoms in total. The molecule has 1 aromatic heterocycles. The summed E-state index contributed by atoms with van der Waals surface area (Å²) < 4.78 is 17.6. The summed E-state index contributed by atoms with van der Waals surface area (Å²) in [5.74, 6) is 4.85. The van der Waals surface area contributed by atoms with Gasteiger partial charge in [-0.05, 0) is 287 Å². The lowest BCUT2D eigenvalue weighted by atomic mass is 9.91. The number of nitrogens with one attached hydrogen (secondary N) is 1. The lowest BCUT2D eigenvalue weighted by Gasteiger charge is -2.29. The number of aromatic nitrogens is 2. The van der Waals surface area contributed by atoms with Crippen LogP contribution in [0.25, 0.3) is 0 Å². The van der Waals surface area contributed by atoms with E-state index in [0.717, 1.165) is 166 Å². The number of imidazole rings is 1. The molecule has 2 unspecified atom stereocenters. The number of nitrogens with two attached hydrogens (primary N) is 12. The average molecular weight is 1630 g/mol. The van der Waals surface area contributed by atoms with Crippen molar-refractivity contribution in [1.82, 2.24) is 24.7 Å². The lowest BCUT2D eigenvalue weighted by Crippen LogP contribution is -2.34. The summed E-state index contributed by atoms with van der Waals surface area (Å²) in [6.07, 6.45) is 36.2. The monoisotopic (exact) mass is 1630 g/mol. The molecule has 110 heavy (non-hydrogen) atoms. The van der Waals surface area contributed by atoms with E-state index in [-0.39, 0.29) is 0 Å². The number of aryl methyl sites for hydroxylation is 2. The maximum atomic E-state index is 5.63. The predicted octanol–water partition coefficient (Wildman–Crippen LogP) is 14.9. The molecule has 3 aromatic rings. The second-order valence-electron chi connectivity index (χ2n) is 28.4. The number of rotatable bonds is 46. The van der Waals surface area contributed by atoms with Gasteiger partial charge in [-0.25, -0.2) is 4.98 Å². The number of nitrogen functional groups attached to an aromatic ring is 1. The highest BCUT2D eigenvalue weighted by atomic mass is 33.1. The highest BCUT2D eigenvalue weighted by molar-refractivity contribution is 8.77. The van der Waals surface area contributed by atoms with E-state index in [0.29, 0.717) is 45.0 Å². The van der Waals surface area contributed by atoms with Crippen molar-refractivity contribution in [2.45, 2.75) is 248 Å². The Morgan fingerprint density at radius 2 is 1.06 bits per heavy atom. The molecular formula is C85H180N18O3S4. The molecule has 0 saturated carbocycles. The third-order valence-electron chi connectivity index (χ3n) is 16.9. The molecule has 2 saturated heterocycles. The molecule has 25 N–H and O–H groups in total. The quantitative estimate of drug-likeness (QED) is 0.0142. The molecule has 25 heteroatoms. The summed E-state index contributed by atoms with van der Waals surface area (Å²) in [5, 5.41) is 3.26. The van der Waals surface area contributed by atoms with Gasteiger partial charge >= 0.3 is 0 Å². The van der Waals surface area contributed by atoms with Crippen LogP contribution in [0.3, 0.4) is 0 Å². The Morgan fingerprint density at radius 3 is 1.47 bits per heavy atom. The zero-order chi connectivity index (χ0) is 83.5. The summed E-state index contributed by atoms with van der Waals surface area (Å²) in [6.45, 7) is 51.9. The van der Waals surface area contributed by atoms with Crippen molar-refractivity contribution in [2.75, 3.05) is 181 Å². The molecule has 0 bridgehead atoms. The Labute approximate surface area is 694 Å². The van der Waals surface area contributed by atoms with Crippen LogP contribution in [0.5, 0.6) is 0 Å². The number of hydrogen-bond donors (Lipinski definition) is 13. The molecule has 2 fully saturated rings. The van der Waals surface area contributed by atoms with Crippen molar-refractivity contribution < 1.29 is 14.2 Å². The van der Waals surface area contributed by atoms with Crippen molar-refractivity contribution in [3.63, 3.8) is 0 Å². The zero-order valence-corrected chi connectivity index (χ0v) is 76.4. The van der Waals surface area contributed by atoms with Crippen molar-refractivity contribution in [2.24, 2.45) is 91.2 Å². The minimum atomic E-state index is 0.361. The molecule has 0 radical (unpaired) electrons. The van der Waals surface area contributed by atoms with Gasteiger partial charge in [-0.3, -0.25) is 4.99 Å². The largest absolute Gasteiger partial charge is 0.399 e. The van der Waals surface area contributed by atoms with Crippen LogP contribution in [0.1, 0.15) is 230 Å². The number of anilines is 1. The molecule has 2 aromatic carbocycles. The van der Waals surface area contributed by atoms with Gasteiger partial charge in [0.1, 0.15) is 0 Å². The molecule has 2 atom stereocenters. The smallest absolute Gasteiger partial charge is 0.0945 e. The summed E-state index contributed by atoms with van der Waals surface area (Å²) in [4.78, 5) is 15.6. The number of piperidine rings is 1. The second kappa shape index (κ2) is 98.9. The zero-order valence-electron chi connectivity index (χ0n) is 73.1. The highest BCUT2D eigenvalue weighted by Gasteiger charge is 2.15. The minimum Gasteiger partial charge on any atom is -0.399 e. The average Bonchev–Trinajstić information content (AvgIpc) is 1.93. The summed E-state index contributed by atoms with van der Waals surface area (Å²) in [5.41, 5.74) is 67.8. The van der Waals surface area contributed by atoms with Crippen LogP contribution in [0.2, 0.25) is 0 Å². The normalized spacial score (nSPS) is 13.3. The van der Waals surface area contributed by atoms with Crippen molar-refractivity contribution in [3.8, 4) is 0 Å². The van der Waals surface area contributed by atoms with Gasteiger partial charge in [-0.2, -0.15) is 0 Å². The van der Waals surface area contributed by atoms with E-state index in [2.05, 4.69) is 145 Å². The molecule has 6 rings (SSSR count). The molecule has 0 aliphatic carbocycles. The molecular weight excluding hydrogens is 1450 g/mol. The predicted molar refractivity (Wildman–Crippen MR) is 498 cm³/mol. The van der Waals surface area contributed by atoms with Crippen molar-refractivity contribution in [1.29, 1.82) is 0 Å². The maximum Gasteiger partial charge on any atom is 0.0945 e. The number of hydrogen-bond acceptors (Lipinski definition) is 24. The van der Waals surface area contributed by atoms with Gasteiger partial charge in [0.2, 0.25) is 0 Å². The van der Waals surface area contributed by atoms with E-state index in [1.165, 1.54) is 162 Å². The Bertz CT molecular complexity index is 2100. The number of nitrogens with zero attached hydrogens (tertiary/aromatic N) is 5. The van der Waals surface area contributed by atoms with Crippen LogP contribution in [0.4, 0.5) is 5.69 Å². The van der Waals surface area contributed by atoms with E-state index in [1.807, 2.05) is 62.8 Å². The molecule has 3 aliphatic heterocycles. The van der Waals surface area contributed by atoms with E-state index < -0.39 is 0 Å². The fourth-order valence-corrected chi connectivity index (χ4v) is 12.7. The van der Waals surface area contributed by atoms with Crippen LogP contribution in [-0.4, -0.2) is 201 Å². The van der Waals surface area contributed by atoms with Gasteiger partial charge in [0, 0.05) is 84.0 Å². The summed E-state index contributed by atoms with van der Waals surface area (Å²) in [6, 6.07) is 16.5. The fraction of sp³-hybridized carbons (Fsp3) is 0.788. The van der Waals surface area contributed by atoms with Crippen LogP contribution in [0.15, 0.2) is 93.8 Å². The van der Waals surface area contributed by atoms with E-state index in [4.69, 9.17) is 83.0 Å². The van der Waals surface area contributed by atoms with Gasteiger partial charge < -0.3 is 103 Å². The first kappa shape index (κ1) is 118. The van der Waals surface area contributed by atoms with Gasteiger partial charge in [0.05, 0.1) is 39.4 Å². The van der Waals surface area contributed by atoms with Crippen molar-refractivity contribution in [3.05, 3.63) is 84.6 Å². The number of unbranched alkanes of at least 4 members (excludes halogenated alkanes) is 2. The first-order chi connectivity index (χ1) is 53.3. The number of aliphatic imine (C=N–C) groups is 1. The SMILES string of the molecule is CC1CCN(CCCN)CC1.CCC(C)(C)CN.CCC(C)CCN.CCCCC(C)CN.CCCCN.CCCNCCCN.CCCOCCOCCOCCN.CCCSSCCN.Cc1ccc(SSc2ccc(N)cc2)cc1.NCCCC1=CCC=N1.NCCCN1CCCC1.NCCCn1ccnc1. The number of benzene rings is 2. The number of allylic oxidation sites excluding steroid dienone is 2. The first-order valence-corrected chi connectivity index (χ1v) is 47.2. The van der Waals surface area contributed by atoms with Gasteiger partial charge in [-0.15, -0.1) is 0 Å². The fourth-order valence-electron chi connectivity index (χ4n) is 8.74. The second-order valence-corrected chi connectivity index (χ2v) is 33.4. The third-order valence-corrected chi connectivity index (χ3v) is 21.9. The van der Waals surface area contributed by atoms with Crippen molar-refractivity contribution >= 4 is 55.1 Å². The van der Waals surface area contributed by atoms with Crippen LogP contribution in [0, 0.1) is 30.1 Å². The lowest BCUT2D eigenvalue weighted by molar-refractivity contribution is 0.0161. The Morgan fingerprint density at radius 1 is 0.536 bits per heavy atom. The summed E-state index contributed by atoms with van der Waals surface area (Å²) >= 11 is 0. The molecule has 4 heterocycles. The minimum absolute atomic E-state index is 0.361. The molecule has 3 aliphatic rings.